The van der Waals surface area contributed by atoms with Crippen LogP contribution < -0.4 is 0 Å². The third-order valence-electron chi connectivity index (χ3n) is 4.13. The first kappa shape index (κ1) is 17.1. The third-order valence-corrected chi connectivity index (χ3v) is 4.86. The van der Waals surface area contributed by atoms with Crippen LogP contribution in [-0.4, -0.2) is 35.6 Å². The lowest BCUT2D eigenvalue weighted by atomic mass is 10.1. The molecule has 126 valence electrons. The number of carbonyl (C=O) groups is 1. The number of morpholine rings is 1. The molecule has 1 amide bonds. The molecule has 0 aliphatic carbocycles. The van der Waals surface area contributed by atoms with Crippen molar-refractivity contribution in [1.29, 1.82) is 0 Å². The minimum Gasteiger partial charge on any atom is -0.508 e. The summed E-state index contributed by atoms with van der Waals surface area (Å²) in [5.74, 6) is -0.00574. The van der Waals surface area contributed by atoms with Crippen LogP contribution in [0.2, 0.25) is 10.0 Å². The average Bonchev–Trinajstić information content (AvgIpc) is 2.59. The molecule has 1 N–H and O–H groups in total. The Morgan fingerprint density at radius 2 is 2.00 bits per heavy atom. The molecule has 0 saturated carbocycles. The smallest absolute Gasteiger partial charge is 0.254 e. The molecule has 24 heavy (non-hydrogen) atoms. The van der Waals surface area contributed by atoms with Crippen LogP contribution in [-0.2, 0) is 4.74 Å². The number of aromatic hydroxyl groups is 1. The summed E-state index contributed by atoms with van der Waals surface area (Å²) in [4.78, 5) is 14.4. The molecular weight excluding hydrogens is 349 g/mol. The number of aryl methyl sites for hydroxylation is 1. The Morgan fingerprint density at radius 3 is 2.71 bits per heavy atom. The predicted molar refractivity (Wildman–Crippen MR) is 93.9 cm³/mol. The van der Waals surface area contributed by atoms with Gasteiger partial charge in [0.25, 0.3) is 5.91 Å². The topological polar surface area (TPSA) is 49.8 Å². The predicted octanol–water partition coefficient (Wildman–Crippen LogP) is 4.22. The Balaban J connectivity index is 1.78. The van der Waals surface area contributed by atoms with Crippen LogP contribution in [0.1, 0.15) is 27.6 Å². The highest BCUT2D eigenvalue weighted by molar-refractivity contribution is 6.42. The zero-order valence-corrected chi connectivity index (χ0v) is 14.6. The zero-order chi connectivity index (χ0) is 17.3. The molecule has 1 atom stereocenters. The fourth-order valence-electron chi connectivity index (χ4n) is 2.67. The van der Waals surface area contributed by atoms with Gasteiger partial charge < -0.3 is 14.7 Å². The summed E-state index contributed by atoms with van der Waals surface area (Å²) in [5, 5.41) is 10.8. The van der Waals surface area contributed by atoms with Gasteiger partial charge in [0.2, 0.25) is 0 Å². The van der Waals surface area contributed by atoms with Crippen molar-refractivity contribution in [2.24, 2.45) is 0 Å². The standard InChI is InChI=1S/C18H17Cl2NO3/c1-11-2-3-13(9-16(11)22)18(23)21-6-7-24-17(10-21)12-4-5-14(19)15(20)8-12/h2-5,8-9,17,22H,6-7,10H2,1H3/t17-/m1/s1. The molecule has 1 aliphatic rings. The van der Waals surface area contributed by atoms with Crippen LogP contribution >= 0.6 is 23.2 Å². The van der Waals surface area contributed by atoms with E-state index >= 15 is 0 Å². The Hall–Kier alpha value is -1.75. The van der Waals surface area contributed by atoms with Gasteiger partial charge in [-0.1, -0.05) is 35.3 Å². The van der Waals surface area contributed by atoms with E-state index < -0.39 is 0 Å². The first-order valence-electron chi connectivity index (χ1n) is 7.61. The first-order chi connectivity index (χ1) is 11.5. The van der Waals surface area contributed by atoms with Gasteiger partial charge in [0, 0.05) is 12.1 Å². The van der Waals surface area contributed by atoms with Crippen molar-refractivity contribution in [3.8, 4) is 5.75 Å². The molecule has 2 aromatic carbocycles. The number of amides is 1. The number of ether oxygens (including phenoxy) is 1. The molecule has 0 radical (unpaired) electrons. The van der Waals surface area contributed by atoms with E-state index in [0.29, 0.717) is 35.3 Å². The van der Waals surface area contributed by atoms with Crippen LogP contribution in [0.5, 0.6) is 5.75 Å². The molecule has 1 fully saturated rings. The third kappa shape index (κ3) is 3.51. The van der Waals surface area contributed by atoms with Gasteiger partial charge in [-0.15, -0.1) is 0 Å². The number of hydrogen-bond acceptors (Lipinski definition) is 3. The second kappa shape index (κ2) is 7.01. The van der Waals surface area contributed by atoms with Gasteiger partial charge >= 0.3 is 0 Å². The van der Waals surface area contributed by atoms with E-state index in [1.54, 1.807) is 36.1 Å². The van der Waals surface area contributed by atoms with E-state index in [1.807, 2.05) is 6.07 Å². The molecular formula is C18H17Cl2NO3. The molecule has 0 aromatic heterocycles. The van der Waals surface area contributed by atoms with Crippen molar-refractivity contribution in [2.75, 3.05) is 19.7 Å². The fraction of sp³-hybridized carbons (Fsp3) is 0.278. The van der Waals surface area contributed by atoms with E-state index in [2.05, 4.69) is 0 Å². The highest BCUT2D eigenvalue weighted by atomic mass is 35.5. The number of phenols is 1. The van der Waals surface area contributed by atoms with Gasteiger partial charge in [-0.05, 0) is 42.3 Å². The van der Waals surface area contributed by atoms with Gasteiger partial charge in [0.15, 0.2) is 0 Å². The second-order valence-electron chi connectivity index (χ2n) is 5.79. The molecule has 1 saturated heterocycles. The normalized spacial score (nSPS) is 17.8. The van der Waals surface area contributed by atoms with Crippen LogP contribution in [0, 0.1) is 6.92 Å². The SMILES string of the molecule is Cc1ccc(C(=O)N2CCO[C@@H](c3ccc(Cl)c(Cl)c3)C2)cc1O. The molecule has 0 bridgehead atoms. The van der Waals surface area contributed by atoms with Crippen molar-refractivity contribution < 1.29 is 14.6 Å². The number of phenolic OH excluding ortho intramolecular Hbond substituents is 1. The second-order valence-corrected chi connectivity index (χ2v) is 6.60. The number of benzene rings is 2. The summed E-state index contributed by atoms with van der Waals surface area (Å²) in [6, 6.07) is 10.3. The number of rotatable bonds is 2. The molecule has 4 nitrogen and oxygen atoms in total. The number of hydrogen-bond donors (Lipinski definition) is 1. The molecule has 3 rings (SSSR count). The number of nitrogens with zero attached hydrogens (tertiary/aromatic N) is 1. The van der Waals surface area contributed by atoms with E-state index in [0.717, 1.165) is 11.1 Å². The van der Waals surface area contributed by atoms with E-state index in [-0.39, 0.29) is 17.8 Å². The lowest BCUT2D eigenvalue weighted by Crippen LogP contribution is -2.42. The molecule has 2 aromatic rings. The molecule has 0 spiro atoms. The fourth-order valence-corrected chi connectivity index (χ4v) is 2.98. The van der Waals surface area contributed by atoms with Crippen molar-refractivity contribution in [3.05, 3.63) is 63.1 Å². The monoisotopic (exact) mass is 365 g/mol. The lowest BCUT2D eigenvalue weighted by Gasteiger charge is -2.33. The quantitative estimate of drug-likeness (QED) is 0.866. The Bertz CT molecular complexity index is 779. The Kier molecular flexibility index (Phi) is 4.99. The summed E-state index contributed by atoms with van der Waals surface area (Å²) >= 11 is 12.0. The maximum absolute atomic E-state index is 12.7. The number of carbonyl (C=O) groups excluding carboxylic acids is 1. The minimum atomic E-state index is -0.253. The molecule has 1 heterocycles. The Labute approximate surface area is 150 Å². The summed E-state index contributed by atoms with van der Waals surface area (Å²) in [7, 11) is 0. The molecule has 6 heteroatoms. The van der Waals surface area contributed by atoms with Gasteiger partial charge in [0.1, 0.15) is 11.9 Å². The maximum atomic E-state index is 12.7. The highest BCUT2D eigenvalue weighted by Crippen LogP contribution is 2.29. The molecule has 0 unspecified atom stereocenters. The lowest BCUT2D eigenvalue weighted by molar-refractivity contribution is -0.0228. The highest BCUT2D eigenvalue weighted by Gasteiger charge is 2.26. The minimum absolute atomic E-state index is 0.121. The van der Waals surface area contributed by atoms with Gasteiger partial charge in [-0.2, -0.15) is 0 Å². The Morgan fingerprint density at radius 1 is 1.21 bits per heavy atom. The summed E-state index contributed by atoms with van der Waals surface area (Å²) in [6.07, 6.45) is -0.253. The zero-order valence-electron chi connectivity index (χ0n) is 13.1. The van der Waals surface area contributed by atoms with Crippen molar-refractivity contribution in [1.82, 2.24) is 4.90 Å². The van der Waals surface area contributed by atoms with E-state index in [1.165, 1.54) is 6.07 Å². The van der Waals surface area contributed by atoms with Crippen molar-refractivity contribution in [3.63, 3.8) is 0 Å². The van der Waals surface area contributed by atoms with Crippen LogP contribution in [0.3, 0.4) is 0 Å². The van der Waals surface area contributed by atoms with E-state index in [9.17, 15) is 9.90 Å². The summed E-state index contributed by atoms with van der Waals surface area (Å²) in [5.41, 5.74) is 2.09. The summed E-state index contributed by atoms with van der Waals surface area (Å²) < 4.78 is 5.77. The van der Waals surface area contributed by atoms with Crippen molar-refractivity contribution >= 4 is 29.1 Å². The van der Waals surface area contributed by atoms with Crippen LogP contribution in [0.15, 0.2) is 36.4 Å². The average molecular weight is 366 g/mol. The van der Waals surface area contributed by atoms with E-state index in [4.69, 9.17) is 27.9 Å². The number of halogens is 2. The maximum Gasteiger partial charge on any atom is 0.254 e. The van der Waals surface area contributed by atoms with Crippen molar-refractivity contribution in [2.45, 2.75) is 13.0 Å². The van der Waals surface area contributed by atoms with Gasteiger partial charge in [-0.25, -0.2) is 0 Å². The molecule has 1 aliphatic heterocycles. The van der Waals surface area contributed by atoms with Crippen LogP contribution in [0.4, 0.5) is 0 Å². The largest absolute Gasteiger partial charge is 0.508 e. The van der Waals surface area contributed by atoms with Gasteiger partial charge in [0.05, 0.1) is 23.2 Å². The first-order valence-corrected chi connectivity index (χ1v) is 8.37. The van der Waals surface area contributed by atoms with Crippen LogP contribution in [0.25, 0.3) is 0 Å². The summed E-state index contributed by atoms with van der Waals surface area (Å²) in [6.45, 7) is 3.16. The van der Waals surface area contributed by atoms with Gasteiger partial charge in [-0.3, -0.25) is 4.79 Å².